The number of likely N-dealkylation sites (tertiary alicyclic amines) is 1. The lowest BCUT2D eigenvalue weighted by Gasteiger charge is -2.40. The lowest BCUT2D eigenvalue weighted by atomic mass is 9.77. The van der Waals surface area contributed by atoms with Crippen LogP contribution in [0.3, 0.4) is 0 Å². The molecule has 1 aromatic carbocycles. The zero-order chi connectivity index (χ0) is 18.0. The summed E-state index contributed by atoms with van der Waals surface area (Å²) < 4.78 is 5.22. The van der Waals surface area contributed by atoms with Crippen molar-refractivity contribution in [1.29, 1.82) is 0 Å². The quantitative estimate of drug-likeness (QED) is 0.842. The van der Waals surface area contributed by atoms with Crippen molar-refractivity contribution in [3.63, 3.8) is 0 Å². The van der Waals surface area contributed by atoms with Crippen LogP contribution in [0.5, 0.6) is 5.75 Å². The Morgan fingerprint density at radius 2 is 2.08 bits per heavy atom. The summed E-state index contributed by atoms with van der Waals surface area (Å²) >= 11 is 0. The van der Waals surface area contributed by atoms with E-state index in [4.69, 9.17) is 9.72 Å². The molecule has 1 unspecified atom stereocenters. The first-order valence-corrected chi connectivity index (χ1v) is 9.54. The third kappa shape index (κ3) is 3.38. The average Bonchev–Trinajstić information content (AvgIpc) is 3.00. The van der Waals surface area contributed by atoms with E-state index in [0.717, 1.165) is 31.1 Å². The number of aryl methyl sites for hydroxylation is 2. The monoisotopic (exact) mass is 349 g/mol. The highest BCUT2D eigenvalue weighted by atomic mass is 16.5. The summed E-state index contributed by atoms with van der Waals surface area (Å²) in [6.07, 6.45) is 11.4. The fourth-order valence-electron chi connectivity index (χ4n) is 4.46. The fourth-order valence-corrected chi connectivity index (χ4v) is 4.46. The van der Waals surface area contributed by atoms with Gasteiger partial charge in [0.1, 0.15) is 11.6 Å². The maximum atomic E-state index is 5.22. The molecule has 1 fully saturated rings. The summed E-state index contributed by atoms with van der Waals surface area (Å²) in [6, 6.07) is 8.21. The minimum Gasteiger partial charge on any atom is -0.497 e. The zero-order valence-corrected chi connectivity index (χ0v) is 15.7. The van der Waals surface area contributed by atoms with E-state index in [2.05, 4.69) is 40.4 Å². The lowest BCUT2D eigenvalue weighted by Crippen LogP contribution is -2.45. The van der Waals surface area contributed by atoms with Crippen LogP contribution in [0.15, 0.2) is 36.5 Å². The molecule has 0 bridgehead atoms. The topological polar surface area (TPSA) is 38.2 Å². The van der Waals surface area contributed by atoms with Crippen molar-refractivity contribution in [2.75, 3.05) is 26.7 Å². The predicted octanol–water partition coefficient (Wildman–Crippen LogP) is 3.79. The van der Waals surface area contributed by atoms with Crippen molar-refractivity contribution >= 4 is 6.08 Å². The Morgan fingerprint density at radius 1 is 1.23 bits per heavy atom. The van der Waals surface area contributed by atoms with Gasteiger partial charge >= 0.3 is 0 Å². The van der Waals surface area contributed by atoms with Crippen LogP contribution in [0.2, 0.25) is 0 Å². The predicted molar refractivity (Wildman–Crippen MR) is 104 cm³/mol. The summed E-state index contributed by atoms with van der Waals surface area (Å²) in [5, 5.41) is 0. The normalized spacial score (nSPS) is 22.8. The Balaban J connectivity index is 1.43. The number of piperidine rings is 1. The molecule has 0 amide bonds. The number of methoxy groups -OCH3 is 1. The van der Waals surface area contributed by atoms with Gasteiger partial charge in [-0.25, -0.2) is 9.97 Å². The van der Waals surface area contributed by atoms with E-state index in [1.807, 2.05) is 19.1 Å². The first-order valence-electron chi connectivity index (χ1n) is 9.54. The largest absolute Gasteiger partial charge is 0.497 e. The minimum absolute atomic E-state index is 0.245. The molecule has 0 saturated carbocycles. The number of hydrogen-bond acceptors (Lipinski definition) is 4. The average molecular weight is 349 g/mol. The molecule has 0 radical (unpaired) electrons. The van der Waals surface area contributed by atoms with E-state index in [1.165, 1.54) is 42.6 Å². The van der Waals surface area contributed by atoms with Gasteiger partial charge in [0.05, 0.1) is 12.8 Å². The van der Waals surface area contributed by atoms with E-state index in [9.17, 15) is 0 Å². The molecule has 0 N–H and O–H groups in total. The van der Waals surface area contributed by atoms with Gasteiger partial charge in [-0.05, 0) is 62.4 Å². The molecule has 1 aliphatic heterocycles. The molecule has 2 heterocycles. The molecule has 1 atom stereocenters. The molecule has 4 nitrogen and oxygen atoms in total. The van der Waals surface area contributed by atoms with Crippen LogP contribution in [-0.4, -0.2) is 41.6 Å². The van der Waals surface area contributed by atoms with Crippen LogP contribution in [0, 0.1) is 6.92 Å². The SMILES string of the molecule is COc1ccc(C=CCN2CCCC3(CCc4cnc(C)nc43)C2)cc1. The second-order valence-electron chi connectivity index (χ2n) is 7.59. The van der Waals surface area contributed by atoms with Crippen LogP contribution in [0.1, 0.15) is 41.9 Å². The van der Waals surface area contributed by atoms with E-state index < -0.39 is 0 Å². The van der Waals surface area contributed by atoms with Crippen LogP contribution in [-0.2, 0) is 11.8 Å². The molecule has 26 heavy (non-hydrogen) atoms. The highest BCUT2D eigenvalue weighted by Crippen LogP contribution is 2.43. The van der Waals surface area contributed by atoms with Gasteiger partial charge in [-0.3, -0.25) is 4.90 Å². The van der Waals surface area contributed by atoms with Gasteiger partial charge in [0.25, 0.3) is 0 Å². The molecule has 136 valence electrons. The van der Waals surface area contributed by atoms with Crippen molar-refractivity contribution in [2.45, 2.75) is 38.0 Å². The minimum atomic E-state index is 0.245. The van der Waals surface area contributed by atoms with Gasteiger partial charge < -0.3 is 4.74 Å². The highest BCUT2D eigenvalue weighted by molar-refractivity contribution is 5.50. The van der Waals surface area contributed by atoms with Gasteiger partial charge in [-0.15, -0.1) is 0 Å². The Hall–Kier alpha value is -2.20. The van der Waals surface area contributed by atoms with E-state index >= 15 is 0 Å². The van der Waals surface area contributed by atoms with Crippen molar-refractivity contribution in [3.8, 4) is 5.75 Å². The van der Waals surface area contributed by atoms with Gasteiger partial charge in [-0.1, -0.05) is 24.3 Å². The molecule has 1 spiro atoms. The summed E-state index contributed by atoms with van der Waals surface area (Å²) in [5.41, 5.74) is 4.15. The summed E-state index contributed by atoms with van der Waals surface area (Å²) in [5.74, 6) is 1.80. The van der Waals surface area contributed by atoms with Gasteiger partial charge in [0.15, 0.2) is 0 Å². The highest BCUT2D eigenvalue weighted by Gasteiger charge is 2.43. The number of benzene rings is 1. The number of hydrogen-bond donors (Lipinski definition) is 0. The number of rotatable bonds is 4. The van der Waals surface area contributed by atoms with Crippen LogP contribution >= 0.6 is 0 Å². The number of ether oxygens (including phenoxy) is 1. The first-order chi connectivity index (χ1) is 12.7. The third-order valence-corrected chi connectivity index (χ3v) is 5.81. The molecule has 2 aromatic rings. The number of nitrogens with zero attached hydrogens (tertiary/aromatic N) is 3. The molecular formula is C22H27N3O. The van der Waals surface area contributed by atoms with Crippen LogP contribution in [0.4, 0.5) is 0 Å². The third-order valence-electron chi connectivity index (χ3n) is 5.81. The molecule has 1 saturated heterocycles. The standard InChI is InChI=1S/C22H27N3O/c1-17-23-15-19-10-12-22(21(19)24-17)11-4-14-25(16-22)13-3-5-18-6-8-20(26-2)9-7-18/h3,5-9,15H,4,10-14,16H2,1-2H3. The van der Waals surface area contributed by atoms with Crippen LogP contribution < -0.4 is 4.74 Å². The lowest BCUT2D eigenvalue weighted by molar-refractivity contribution is 0.156. The summed E-state index contributed by atoms with van der Waals surface area (Å²) in [7, 11) is 1.70. The first kappa shape index (κ1) is 17.2. The summed E-state index contributed by atoms with van der Waals surface area (Å²) in [4.78, 5) is 11.8. The van der Waals surface area contributed by atoms with Gasteiger partial charge in [-0.2, -0.15) is 0 Å². The Bertz CT molecular complexity index is 796. The Morgan fingerprint density at radius 3 is 2.88 bits per heavy atom. The number of fused-ring (bicyclic) bond motifs is 2. The molecule has 1 aliphatic carbocycles. The number of aromatic nitrogens is 2. The maximum absolute atomic E-state index is 5.22. The van der Waals surface area contributed by atoms with E-state index in [0.29, 0.717) is 0 Å². The zero-order valence-electron chi connectivity index (χ0n) is 15.7. The molecular weight excluding hydrogens is 322 g/mol. The van der Waals surface area contributed by atoms with Crippen molar-refractivity contribution in [3.05, 3.63) is 59.2 Å². The van der Waals surface area contributed by atoms with E-state index in [-0.39, 0.29) is 5.41 Å². The molecule has 2 aliphatic rings. The van der Waals surface area contributed by atoms with Gasteiger partial charge in [0, 0.05) is 24.7 Å². The second-order valence-corrected chi connectivity index (χ2v) is 7.59. The Labute approximate surface area is 155 Å². The summed E-state index contributed by atoms with van der Waals surface area (Å²) in [6.45, 7) is 5.29. The van der Waals surface area contributed by atoms with Crippen molar-refractivity contribution < 1.29 is 4.74 Å². The second kappa shape index (κ2) is 7.20. The van der Waals surface area contributed by atoms with Crippen molar-refractivity contribution in [1.82, 2.24) is 14.9 Å². The molecule has 1 aromatic heterocycles. The van der Waals surface area contributed by atoms with Crippen molar-refractivity contribution in [2.24, 2.45) is 0 Å². The Kier molecular flexibility index (Phi) is 4.77. The maximum Gasteiger partial charge on any atom is 0.125 e. The molecule has 4 heteroatoms. The smallest absolute Gasteiger partial charge is 0.125 e. The van der Waals surface area contributed by atoms with Crippen LogP contribution in [0.25, 0.3) is 6.08 Å². The fraction of sp³-hybridized carbons (Fsp3) is 0.455. The molecule has 4 rings (SSSR count). The van der Waals surface area contributed by atoms with Gasteiger partial charge in [0.2, 0.25) is 0 Å². The van der Waals surface area contributed by atoms with E-state index in [1.54, 1.807) is 7.11 Å².